The molecule has 1 N–H and O–H groups in total. The van der Waals surface area contributed by atoms with Crippen LogP contribution in [0, 0.1) is 0 Å². The van der Waals surface area contributed by atoms with E-state index in [1.807, 2.05) is 55.5 Å². The highest BCUT2D eigenvalue weighted by atomic mass is 16.5. The zero-order valence-electron chi connectivity index (χ0n) is 16.7. The first kappa shape index (κ1) is 19.4. The number of anilines is 1. The third kappa shape index (κ3) is 3.67. The van der Waals surface area contributed by atoms with Crippen molar-refractivity contribution in [2.75, 3.05) is 11.9 Å². The number of amides is 1. The number of nitrogens with zero attached hydrogens (tertiary/aromatic N) is 4. The van der Waals surface area contributed by atoms with E-state index in [9.17, 15) is 9.59 Å². The molecule has 30 heavy (non-hydrogen) atoms. The number of aryl methyl sites for hydroxylation is 1. The van der Waals surface area contributed by atoms with E-state index in [0.29, 0.717) is 23.3 Å². The van der Waals surface area contributed by atoms with Crippen LogP contribution in [0.15, 0.2) is 65.8 Å². The lowest BCUT2D eigenvalue weighted by Crippen LogP contribution is -2.28. The second-order valence-corrected chi connectivity index (χ2v) is 6.71. The number of benzene rings is 2. The second kappa shape index (κ2) is 8.20. The van der Waals surface area contributed by atoms with Crippen molar-refractivity contribution < 1.29 is 9.53 Å². The lowest BCUT2D eigenvalue weighted by atomic mass is 10.0. The molecule has 0 radical (unpaired) electrons. The third-order valence-corrected chi connectivity index (χ3v) is 4.71. The predicted molar refractivity (Wildman–Crippen MR) is 114 cm³/mol. The summed E-state index contributed by atoms with van der Waals surface area (Å²) in [7, 11) is 1.71. The molecule has 0 fully saturated rings. The van der Waals surface area contributed by atoms with Crippen molar-refractivity contribution in [2.45, 2.75) is 13.5 Å². The molecule has 1 amide bonds. The van der Waals surface area contributed by atoms with E-state index in [-0.39, 0.29) is 18.0 Å². The third-order valence-electron chi connectivity index (χ3n) is 4.71. The van der Waals surface area contributed by atoms with Gasteiger partial charge in [0.2, 0.25) is 5.91 Å². The molecular formula is C22H21N5O3. The molecule has 0 bridgehead atoms. The second-order valence-electron chi connectivity index (χ2n) is 6.71. The predicted octanol–water partition coefficient (Wildman–Crippen LogP) is 2.83. The molecule has 8 heteroatoms. The number of rotatable bonds is 6. The first-order chi connectivity index (χ1) is 14.6. The maximum absolute atomic E-state index is 12.7. The zero-order chi connectivity index (χ0) is 21.1. The molecule has 152 valence electrons. The normalized spacial score (nSPS) is 10.9. The number of carbonyl (C=O) groups excluding carboxylic acids is 1. The Bertz CT molecular complexity index is 1280. The number of para-hydroxylation sites is 2. The largest absolute Gasteiger partial charge is 0.493 e. The molecule has 0 aliphatic heterocycles. The summed E-state index contributed by atoms with van der Waals surface area (Å²) in [6.07, 6.45) is 2.82. The number of ether oxygens (including phenoxy) is 1. The Morgan fingerprint density at radius 3 is 2.63 bits per heavy atom. The van der Waals surface area contributed by atoms with Gasteiger partial charge in [0.05, 0.1) is 12.8 Å². The summed E-state index contributed by atoms with van der Waals surface area (Å²) in [4.78, 5) is 29.6. The maximum Gasteiger partial charge on any atom is 0.264 e. The average Bonchev–Trinajstić information content (AvgIpc) is 3.13. The van der Waals surface area contributed by atoms with Crippen molar-refractivity contribution in [3.63, 3.8) is 0 Å². The van der Waals surface area contributed by atoms with Gasteiger partial charge in [0.15, 0.2) is 5.65 Å². The van der Waals surface area contributed by atoms with Gasteiger partial charge in [0.25, 0.3) is 5.56 Å². The van der Waals surface area contributed by atoms with E-state index >= 15 is 0 Å². The highest BCUT2D eigenvalue weighted by Crippen LogP contribution is 2.34. The van der Waals surface area contributed by atoms with Gasteiger partial charge < -0.3 is 10.1 Å². The van der Waals surface area contributed by atoms with Crippen LogP contribution >= 0.6 is 0 Å². The smallest absolute Gasteiger partial charge is 0.264 e. The van der Waals surface area contributed by atoms with Gasteiger partial charge in [-0.2, -0.15) is 5.10 Å². The van der Waals surface area contributed by atoms with Gasteiger partial charge in [-0.05, 0) is 19.1 Å². The zero-order valence-corrected chi connectivity index (χ0v) is 16.7. The van der Waals surface area contributed by atoms with Gasteiger partial charge in [-0.1, -0.05) is 36.4 Å². The number of hydrogen-bond donors (Lipinski definition) is 1. The average molecular weight is 403 g/mol. The highest BCUT2D eigenvalue weighted by Gasteiger charge is 2.14. The van der Waals surface area contributed by atoms with E-state index in [1.54, 1.807) is 7.05 Å². The summed E-state index contributed by atoms with van der Waals surface area (Å²) in [5.41, 5.74) is 2.53. The fraction of sp³-hybridized carbons (Fsp3) is 0.182. The van der Waals surface area contributed by atoms with Crippen molar-refractivity contribution in [1.29, 1.82) is 0 Å². The Labute approximate surface area is 172 Å². The lowest BCUT2D eigenvalue weighted by Gasteiger charge is -2.15. The van der Waals surface area contributed by atoms with Crippen molar-refractivity contribution >= 4 is 22.6 Å². The van der Waals surface area contributed by atoms with Gasteiger partial charge in [0, 0.05) is 23.9 Å². The molecule has 0 atom stereocenters. The molecular weight excluding hydrogens is 382 g/mol. The van der Waals surface area contributed by atoms with Crippen molar-refractivity contribution in [1.82, 2.24) is 19.3 Å². The first-order valence-corrected chi connectivity index (χ1v) is 9.56. The van der Waals surface area contributed by atoms with Crippen LogP contribution in [0.5, 0.6) is 5.75 Å². The molecule has 0 saturated heterocycles. The van der Waals surface area contributed by atoms with Crippen LogP contribution in [0.3, 0.4) is 0 Å². The Hall–Kier alpha value is -3.94. The van der Waals surface area contributed by atoms with Crippen LogP contribution in [-0.4, -0.2) is 31.8 Å². The monoisotopic (exact) mass is 403 g/mol. The van der Waals surface area contributed by atoms with Crippen LogP contribution in [0.25, 0.3) is 22.2 Å². The van der Waals surface area contributed by atoms with E-state index < -0.39 is 0 Å². The Balaban J connectivity index is 1.61. The quantitative estimate of drug-likeness (QED) is 0.535. The SMILES string of the molecule is CCOc1ccccc1-c1ccccc1NC(=O)Cn1cnc2c(cnn2C)c1=O. The molecule has 0 unspecified atom stereocenters. The minimum Gasteiger partial charge on any atom is -0.493 e. The van der Waals surface area contributed by atoms with Gasteiger partial charge in [-0.3, -0.25) is 18.8 Å². The van der Waals surface area contributed by atoms with Crippen LogP contribution in [0.4, 0.5) is 5.69 Å². The minimum atomic E-state index is -0.330. The highest BCUT2D eigenvalue weighted by molar-refractivity contribution is 5.96. The van der Waals surface area contributed by atoms with E-state index in [2.05, 4.69) is 15.4 Å². The van der Waals surface area contributed by atoms with Crippen LogP contribution in [0.1, 0.15) is 6.92 Å². The number of aromatic nitrogens is 4. The van der Waals surface area contributed by atoms with Gasteiger partial charge in [-0.25, -0.2) is 4.98 Å². The van der Waals surface area contributed by atoms with Gasteiger partial charge in [-0.15, -0.1) is 0 Å². The molecule has 2 heterocycles. The molecule has 2 aromatic heterocycles. The Kier molecular flexibility index (Phi) is 5.30. The maximum atomic E-state index is 12.7. The van der Waals surface area contributed by atoms with E-state index in [1.165, 1.54) is 21.8 Å². The fourth-order valence-electron chi connectivity index (χ4n) is 3.32. The number of carbonyl (C=O) groups is 1. The Morgan fingerprint density at radius 2 is 1.83 bits per heavy atom. The van der Waals surface area contributed by atoms with Crippen LogP contribution < -0.4 is 15.6 Å². The summed E-state index contributed by atoms with van der Waals surface area (Å²) in [6, 6.07) is 15.2. The Morgan fingerprint density at radius 1 is 1.10 bits per heavy atom. The summed E-state index contributed by atoms with van der Waals surface area (Å²) >= 11 is 0. The molecule has 0 spiro atoms. The first-order valence-electron chi connectivity index (χ1n) is 9.56. The van der Waals surface area contributed by atoms with E-state index in [0.717, 1.165) is 16.9 Å². The van der Waals surface area contributed by atoms with Crippen LogP contribution in [0.2, 0.25) is 0 Å². The summed E-state index contributed by atoms with van der Waals surface area (Å²) in [5.74, 6) is 0.410. The number of nitrogens with one attached hydrogen (secondary N) is 1. The van der Waals surface area contributed by atoms with Crippen molar-refractivity contribution in [2.24, 2.45) is 7.05 Å². The lowest BCUT2D eigenvalue weighted by molar-refractivity contribution is -0.116. The van der Waals surface area contributed by atoms with Crippen molar-refractivity contribution in [3.8, 4) is 16.9 Å². The molecule has 8 nitrogen and oxygen atoms in total. The van der Waals surface area contributed by atoms with Gasteiger partial charge in [0.1, 0.15) is 24.0 Å². The molecule has 2 aromatic carbocycles. The minimum absolute atomic E-state index is 0.155. The fourth-order valence-corrected chi connectivity index (χ4v) is 3.32. The van der Waals surface area contributed by atoms with Gasteiger partial charge >= 0.3 is 0 Å². The standard InChI is InChI=1S/C22H21N5O3/c1-3-30-19-11-7-5-9-16(19)15-8-4-6-10-18(15)25-20(28)13-27-14-23-21-17(22(27)29)12-24-26(21)2/h4-12,14H,3,13H2,1-2H3,(H,25,28). The number of fused-ring (bicyclic) bond motifs is 1. The summed E-state index contributed by atoms with van der Waals surface area (Å²) in [5, 5.41) is 7.32. The molecule has 0 saturated carbocycles. The topological polar surface area (TPSA) is 91.0 Å². The van der Waals surface area contributed by atoms with E-state index in [4.69, 9.17) is 4.74 Å². The summed E-state index contributed by atoms with van der Waals surface area (Å²) < 4.78 is 8.53. The molecule has 4 rings (SSSR count). The number of hydrogen-bond acceptors (Lipinski definition) is 5. The molecule has 0 aliphatic carbocycles. The summed E-state index contributed by atoms with van der Waals surface area (Å²) in [6.45, 7) is 2.31. The molecule has 4 aromatic rings. The van der Waals surface area contributed by atoms with Crippen molar-refractivity contribution in [3.05, 3.63) is 71.4 Å². The molecule has 0 aliphatic rings. The van der Waals surface area contributed by atoms with Crippen LogP contribution in [-0.2, 0) is 18.4 Å².